The molecule has 0 atom stereocenters. The van der Waals surface area contributed by atoms with E-state index in [-0.39, 0.29) is 0 Å². The highest BCUT2D eigenvalue weighted by Crippen LogP contribution is 2.24. The first kappa shape index (κ1) is 13.0. The second kappa shape index (κ2) is 4.92. The molecule has 2 heteroatoms. The Kier molecular flexibility index (Phi) is 2.90. The zero-order chi connectivity index (χ0) is 15.1. The van der Waals surface area contributed by atoms with Crippen LogP contribution in [0.25, 0.3) is 33.2 Å². The van der Waals surface area contributed by atoms with Crippen LogP contribution in [0.3, 0.4) is 0 Å². The third-order valence-electron chi connectivity index (χ3n) is 4.16. The molecule has 4 aromatic rings. The average Bonchev–Trinajstić information content (AvgIpc) is 2.55. The van der Waals surface area contributed by atoms with Crippen molar-refractivity contribution in [1.82, 2.24) is 9.97 Å². The van der Waals surface area contributed by atoms with Gasteiger partial charge >= 0.3 is 0 Å². The predicted octanol–water partition coefficient (Wildman–Crippen LogP) is 5.07. The first-order chi connectivity index (χ1) is 10.7. The van der Waals surface area contributed by atoms with Crippen molar-refractivity contribution >= 4 is 21.8 Å². The molecule has 0 radical (unpaired) electrons. The Balaban J connectivity index is 1.91. The molecule has 2 aromatic heterocycles. The summed E-state index contributed by atoms with van der Waals surface area (Å²) in [5, 5.41) is 2.39. The maximum Gasteiger partial charge on any atom is 0.0894 e. The predicted molar refractivity (Wildman–Crippen MR) is 92.0 cm³/mol. The van der Waals surface area contributed by atoms with Crippen LogP contribution in [0.1, 0.15) is 11.1 Å². The summed E-state index contributed by atoms with van der Waals surface area (Å²) in [6.07, 6.45) is 0. The first-order valence-corrected chi connectivity index (χ1v) is 7.45. The smallest absolute Gasteiger partial charge is 0.0894 e. The molecule has 0 bridgehead atoms. The third kappa shape index (κ3) is 2.04. The zero-order valence-electron chi connectivity index (χ0n) is 12.7. The van der Waals surface area contributed by atoms with Crippen molar-refractivity contribution in [1.29, 1.82) is 0 Å². The van der Waals surface area contributed by atoms with Gasteiger partial charge in [0.1, 0.15) is 0 Å². The van der Waals surface area contributed by atoms with Crippen molar-refractivity contribution in [2.45, 2.75) is 13.8 Å². The summed E-state index contributed by atoms with van der Waals surface area (Å²) in [6, 6.07) is 20.8. The molecule has 0 saturated carbocycles. The highest BCUT2D eigenvalue weighted by atomic mass is 14.8. The summed E-state index contributed by atoms with van der Waals surface area (Å²) in [7, 11) is 0. The summed E-state index contributed by atoms with van der Waals surface area (Å²) in [5.41, 5.74) is 6.37. The number of aryl methyl sites for hydroxylation is 2. The molecule has 0 fully saturated rings. The van der Waals surface area contributed by atoms with Crippen molar-refractivity contribution in [2.24, 2.45) is 0 Å². The normalized spacial score (nSPS) is 11.2. The van der Waals surface area contributed by atoms with Crippen molar-refractivity contribution < 1.29 is 0 Å². The van der Waals surface area contributed by atoms with Gasteiger partial charge in [-0.2, -0.15) is 0 Å². The van der Waals surface area contributed by atoms with E-state index in [1.165, 1.54) is 21.9 Å². The number of fused-ring (bicyclic) bond motifs is 2. The second-order valence-corrected chi connectivity index (χ2v) is 5.68. The standard InChI is InChI=1S/C20H16N2/c1-13-5-3-7-17-15(13)9-11-19(21-17)20-12-10-16-14(2)6-4-8-18(16)22-20/h3-12H,1-2H3. The Hall–Kier alpha value is -2.74. The summed E-state index contributed by atoms with van der Waals surface area (Å²) >= 11 is 0. The topological polar surface area (TPSA) is 25.8 Å². The number of nitrogens with zero attached hydrogens (tertiary/aromatic N) is 2. The largest absolute Gasteiger partial charge is 0.246 e. The van der Waals surface area contributed by atoms with Crippen LogP contribution in [0.2, 0.25) is 0 Å². The molecule has 106 valence electrons. The molecule has 0 saturated heterocycles. The molecule has 4 rings (SSSR count). The molecule has 0 unspecified atom stereocenters. The lowest BCUT2D eigenvalue weighted by Crippen LogP contribution is -1.91. The van der Waals surface area contributed by atoms with Gasteiger partial charge in [-0.1, -0.05) is 36.4 Å². The summed E-state index contributed by atoms with van der Waals surface area (Å²) in [4.78, 5) is 9.55. The van der Waals surface area contributed by atoms with Crippen LogP contribution in [0.15, 0.2) is 60.7 Å². The van der Waals surface area contributed by atoms with Gasteiger partial charge in [0.15, 0.2) is 0 Å². The lowest BCUT2D eigenvalue weighted by atomic mass is 10.1. The van der Waals surface area contributed by atoms with Gasteiger partial charge in [-0.3, -0.25) is 0 Å². The molecule has 2 aromatic carbocycles. The van der Waals surface area contributed by atoms with E-state index >= 15 is 0 Å². The third-order valence-corrected chi connectivity index (χ3v) is 4.16. The van der Waals surface area contributed by atoms with E-state index in [9.17, 15) is 0 Å². The molecule has 0 N–H and O–H groups in total. The number of rotatable bonds is 1. The highest BCUT2D eigenvalue weighted by Gasteiger charge is 2.06. The number of hydrogen-bond acceptors (Lipinski definition) is 2. The van der Waals surface area contributed by atoms with Gasteiger partial charge in [0.05, 0.1) is 22.4 Å². The summed E-state index contributed by atoms with van der Waals surface area (Å²) in [5.74, 6) is 0. The number of hydrogen-bond donors (Lipinski definition) is 0. The fraction of sp³-hybridized carbons (Fsp3) is 0.100. The van der Waals surface area contributed by atoms with Crippen LogP contribution in [0.4, 0.5) is 0 Å². The minimum atomic E-state index is 0.918. The van der Waals surface area contributed by atoms with Crippen LogP contribution in [-0.2, 0) is 0 Å². The summed E-state index contributed by atoms with van der Waals surface area (Å²) in [6.45, 7) is 4.22. The van der Waals surface area contributed by atoms with E-state index < -0.39 is 0 Å². The van der Waals surface area contributed by atoms with E-state index in [1.807, 2.05) is 12.1 Å². The Morgan fingerprint density at radius 2 is 1.00 bits per heavy atom. The maximum atomic E-state index is 4.77. The molecule has 22 heavy (non-hydrogen) atoms. The minimum absolute atomic E-state index is 0.918. The van der Waals surface area contributed by atoms with Crippen LogP contribution in [0.5, 0.6) is 0 Å². The second-order valence-electron chi connectivity index (χ2n) is 5.68. The molecule has 0 aliphatic rings. The Morgan fingerprint density at radius 1 is 0.545 bits per heavy atom. The van der Waals surface area contributed by atoms with E-state index in [0.717, 1.165) is 22.4 Å². The van der Waals surface area contributed by atoms with E-state index in [0.29, 0.717) is 0 Å². The lowest BCUT2D eigenvalue weighted by molar-refractivity contribution is 1.31. The molecule has 0 aliphatic heterocycles. The Bertz CT molecular complexity index is 920. The van der Waals surface area contributed by atoms with Crippen LogP contribution >= 0.6 is 0 Å². The van der Waals surface area contributed by atoms with Crippen molar-refractivity contribution in [2.75, 3.05) is 0 Å². The van der Waals surface area contributed by atoms with Gasteiger partial charge in [-0.25, -0.2) is 9.97 Å². The molecular weight excluding hydrogens is 268 g/mol. The molecular formula is C20H16N2. The molecule has 0 spiro atoms. The number of aromatic nitrogens is 2. The number of pyridine rings is 2. The number of benzene rings is 2. The van der Waals surface area contributed by atoms with E-state index in [1.54, 1.807) is 0 Å². The fourth-order valence-electron chi connectivity index (χ4n) is 2.90. The van der Waals surface area contributed by atoms with E-state index in [4.69, 9.17) is 9.97 Å². The average molecular weight is 284 g/mol. The Morgan fingerprint density at radius 3 is 1.45 bits per heavy atom. The fourth-order valence-corrected chi connectivity index (χ4v) is 2.90. The van der Waals surface area contributed by atoms with Gasteiger partial charge < -0.3 is 0 Å². The van der Waals surface area contributed by atoms with E-state index in [2.05, 4.69) is 62.4 Å². The minimum Gasteiger partial charge on any atom is -0.246 e. The molecule has 2 heterocycles. The molecule has 0 amide bonds. The van der Waals surface area contributed by atoms with Gasteiger partial charge in [-0.15, -0.1) is 0 Å². The van der Waals surface area contributed by atoms with Crippen molar-refractivity contribution in [3.63, 3.8) is 0 Å². The van der Waals surface area contributed by atoms with Gasteiger partial charge in [0.25, 0.3) is 0 Å². The Labute approximate surface area is 129 Å². The van der Waals surface area contributed by atoms with Crippen LogP contribution in [0, 0.1) is 13.8 Å². The lowest BCUT2D eigenvalue weighted by Gasteiger charge is -2.07. The van der Waals surface area contributed by atoms with Crippen LogP contribution in [-0.4, -0.2) is 9.97 Å². The van der Waals surface area contributed by atoms with Crippen molar-refractivity contribution in [3.8, 4) is 11.4 Å². The molecule has 2 nitrogen and oxygen atoms in total. The summed E-state index contributed by atoms with van der Waals surface area (Å²) < 4.78 is 0. The van der Waals surface area contributed by atoms with Gasteiger partial charge in [-0.05, 0) is 49.2 Å². The maximum absolute atomic E-state index is 4.77. The molecule has 0 aliphatic carbocycles. The van der Waals surface area contributed by atoms with Gasteiger partial charge in [0.2, 0.25) is 0 Å². The quantitative estimate of drug-likeness (QED) is 0.488. The zero-order valence-corrected chi connectivity index (χ0v) is 12.7. The monoisotopic (exact) mass is 284 g/mol. The first-order valence-electron chi connectivity index (χ1n) is 7.45. The van der Waals surface area contributed by atoms with Gasteiger partial charge in [0, 0.05) is 10.8 Å². The van der Waals surface area contributed by atoms with Crippen LogP contribution < -0.4 is 0 Å². The highest BCUT2D eigenvalue weighted by molar-refractivity contribution is 5.86. The SMILES string of the molecule is Cc1cccc2nc(-c3ccc4c(C)cccc4n3)ccc12. The van der Waals surface area contributed by atoms with Crippen molar-refractivity contribution in [3.05, 3.63) is 71.8 Å².